The summed E-state index contributed by atoms with van der Waals surface area (Å²) < 4.78 is 0. The van der Waals surface area contributed by atoms with Crippen molar-refractivity contribution in [2.75, 3.05) is 29.6 Å². The summed E-state index contributed by atoms with van der Waals surface area (Å²) in [5, 5.41) is 5.65. The number of benzene rings is 2. The Bertz CT molecular complexity index is 997. The van der Waals surface area contributed by atoms with Crippen LogP contribution >= 0.6 is 0 Å². The third-order valence-corrected chi connectivity index (χ3v) is 4.29. The number of para-hydroxylation sites is 1. The van der Waals surface area contributed by atoms with E-state index in [0.717, 1.165) is 16.9 Å². The Labute approximate surface area is 164 Å². The first kappa shape index (κ1) is 19.1. The minimum atomic E-state index is -0.372. The molecule has 2 amide bonds. The Balaban J connectivity index is 1.72. The molecule has 0 saturated heterocycles. The van der Waals surface area contributed by atoms with Crippen LogP contribution in [0.2, 0.25) is 0 Å². The van der Waals surface area contributed by atoms with Crippen LogP contribution in [0.3, 0.4) is 0 Å². The van der Waals surface area contributed by atoms with Gasteiger partial charge in [-0.05, 0) is 55.0 Å². The van der Waals surface area contributed by atoms with E-state index in [1.54, 1.807) is 6.07 Å². The molecular weight excluding hydrogens is 352 g/mol. The van der Waals surface area contributed by atoms with Crippen molar-refractivity contribution in [3.8, 4) is 0 Å². The van der Waals surface area contributed by atoms with Crippen LogP contribution in [0.15, 0.2) is 66.9 Å². The molecule has 0 aliphatic rings. The quantitative estimate of drug-likeness (QED) is 0.709. The first-order valence-corrected chi connectivity index (χ1v) is 8.86. The lowest BCUT2D eigenvalue weighted by atomic mass is 10.1. The molecule has 1 heterocycles. The fraction of sp³-hybridized carbons (Fsp3) is 0.136. The van der Waals surface area contributed by atoms with E-state index >= 15 is 0 Å². The van der Waals surface area contributed by atoms with Gasteiger partial charge in [-0.2, -0.15) is 0 Å². The molecule has 142 valence electrons. The van der Waals surface area contributed by atoms with Crippen LogP contribution in [0.1, 0.15) is 26.4 Å². The van der Waals surface area contributed by atoms with E-state index < -0.39 is 0 Å². The molecule has 3 rings (SSSR count). The molecule has 6 heteroatoms. The van der Waals surface area contributed by atoms with E-state index in [1.807, 2.05) is 74.4 Å². The average molecular weight is 374 g/mol. The maximum Gasteiger partial charge on any atom is 0.274 e. The number of anilines is 3. The van der Waals surface area contributed by atoms with Crippen molar-refractivity contribution >= 4 is 28.9 Å². The summed E-state index contributed by atoms with van der Waals surface area (Å²) in [6, 6.07) is 18.0. The minimum absolute atomic E-state index is 0.175. The predicted octanol–water partition coefficient (Wildman–Crippen LogP) is 3.96. The summed E-state index contributed by atoms with van der Waals surface area (Å²) in [7, 11) is 3.90. The highest BCUT2D eigenvalue weighted by Gasteiger charge is 2.13. The van der Waals surface area contributed by atoms with Crippen LogP contribution in [-0.2, 0) is 0 Å². The molecule has 0 aliphatic carbocycles. The molecule has 0 radical (unpaired) electrons. The predicted molar refractivity (Wildman–Crippen MR) is 112 cm³/mol. The van der Waals surface area contributed by atoms with Gasteiger partial charge in [-0.25, -0.2) is 0 Å². The lowest BCUT2D eigenvalue weighted by Gasteiger charge is -2.13. The Morgan fingerprint density at radius 3 is 2.29 bits per heavy atom. The molecule has 0 aliphatic heterocycles. The highest BCUT2D eigenvalue weighted by atomic mass is 16.2. The third-order valence-electron chi connectivity index (χ3n) is 4.29. The standard InChI is InChI=1S/C22H22N4O2/c1-15-6-4-5-7-19(15)25-21(27)16-12-13-23-20(14-16)22(28)24-17-8-10-18(11-9-17)26(2)3/h4-14H,1-3H3,(H,24,28)(H,25,27). The average Bonchev–Trinajstić information content (AvgIpc) is 2.70. The monoisotopic (exact) mass is 374 g/mol. The Morgan fingerprint density at radius 1 is 0.893 bits per heavy atom. The number of amides is 2. The second kappa shape index (κ2) is 8.35. The van der Waals surface area contributed by atoms with E-state index in [4.69, 9.17) is 0 Å². The van der Waals surface area contributed by atoms with E-state index in [0.29, 0.717) is 11.3 Å². The van der Waals surface area contributed by atoms with Gasteiger partial charge in [0.05, 0.1) is 0 Å². The van der Waals surface area contributed by atoms with Crippen molar-refractivity contribution in [3.63, 3.8) is 0 Å². The van der Waals surface area contributed by atoms with Crippen LogP contribution in [0, 0.1) is 6.92 Å². The number of aryl methyl sites for hydroxylation is 1. The molecule has 2 aromatic carbocycles. The molecule has 28 heavy (non-hydrogen) atoms. The number of nitrogens with one attached hydrogen (secondary N) is 2. The summed E-state index contributed by atoms with van der Waals surface area (Å²) in [6.07, 6.45) is 1.46. The Kier molecular flexibility index (Phi) is 5.69. The zero-order valence-electron chi connectivity index (χ0n) is 16.1. The van der Waals surface area contributed by atoms with Gasteiger partial charge in [0.2, 0.25) is 0 Å². The summed E-state index contributed by atoms with van der Waals surface area (Å²) in [5.41, 5.74) is 3.93. The van der Waals surface area contributed by atoms with Crippen LogP contribution in [0.4, 0.5) is 17.1 Å². The second-order valence-corrected chi connectivity index (χ2v) is 6.59. The number of hydrogen-bond acceptors (Lipinski definition) is 4. The van der Waals surface area contributed by atoms with Gasteiger partial charge in [0, 0.05) is 42.9 Å². The van der Waals surface area contributed by atoms with Crippen molar-refractivity contribution in [2.45, 2.75) is 6.92 Å². The number of rotatable bonds is 5. The lowest BCUT2D eigenvalue weighted by Crippen LogP contribution is -2.17. The van der Waals surface area contributed by atoms with Gasteiger partial charge < -0.3 is 15.5 Å². The topological polar surface area (TPSA) is 74.3 Å². The fourth-order valence-corrected chi connectivity index (χ4v) is 2.64. The zero-order valence-corrected chi connectivity index (χ0v) is 16.1. The van der Waals surface area contributed by atoms with Gasteiger partial charge in [0.25, 0.3) is 11.8 Å². The number of pyridine rings is 1. The molecule has 0 unspecified atom stereocenters. The Morgan fingerprint density at radius 2 is 1.61 bits per heavy atom. The smallest absolute Gasteiger partial charge is 0.274 e. The second-order valence-electron chi connectivity index (χ2n) is 6.59. The van der Waals surface area contributed by atoms with E-state index in [2.05, 4.69) is 15.6 Å². The highest BCUT2D eigenvalue weighted by Crippen LogP contribution is 2.17. The van der Waals surface area contributed by atoms with Crippen molar-refractivity contribution in [1.29, 1.82) is 0 Å². The number of aromatic nitrogens is 1. The van der Waals surface area contributed by atoms with Crippen LogP contribution in [0.25, 0.3) is 0 Å². The van der Waals surface area contributed by atoms with Gasteiger partial charge in [0.1, 0.15) is 5.69 Å². The summed E-state index contributed by atoms with van der Waals surface area (Å²) in [6.45, 7) is 1.92. The van der Waals surface area contributed by atoms with Gasteiger partial charge in [-0.3, -0.25) is 14.6 Å². The molecule has 1 aromatic heterocycles. The molecule has 2 N–H and O–H groups in total. The number of carbonyl (C=O) groups is 2. The summed E-state index contributed by atoms with van der Waals surface area (Å²) in [4.78, 5) is 31.1. The number of hydrogen-bond donors (Lipinski definition) is 2. The Hall–Kier alpha value is -3.67. The minimum Gasteiger partial charge on any atom is -0.378 e. The van der Waals surface area contributed by atoms with Gasteiger partial charge in [-0.1, -0.05) is 18.2 Å². The van der Waals surface area contributed by atoms with Crippen LogP contribution in [0.5, 0.6) is 0 Å². The van der Waals surface area contributed by atoms with Gasteiger partial charge in [-0.15, -0.1) is 0 Å². The maximum absolute atomic E-state index is 12.5. The lowest BCUT2D eigenvalue weighted by molar-refractivity contribution is 0.102. The highest BCUT2D eigenvalue weighted by molar-refractivity contribution is 6.08. The maximum atomic E-state index is 12.5. The van der Waals surface area contributed by atoms with Crippen LogP contribution < -0.4 is 15.5 Å². The van der Waals surface area contributed by atoms with E-state index in [-0.39, 0.29) is 17.5 Å². The summed E-state index contributed by atoms with van der Waals surface area (Å²) in [5.74, 6) is -0.663. The molecule has 0 spiro atoms. The first-order chi connectivity index (χ1) is 13.4. The van der Waals surface area contributed by atoms with Crippen molar-refractivity contribution in [2.24, 2.45) is 0 Å². The molecule has 0 atom stereocenters. The first-order valence-electron chi connectivity index (χ1n) is 8.86. The molecule has 0 fully saturated rings. The molecule has 0 saturated carbocycles. The zero-order chi connectivity index (χ0) is 20.1. The largest absolute Gasteiger partial charge is 0.378 e. The van der Waals surface area contributed by atoms with E-state index in [1.165, 1.54) is 12.3 Å². The molecular formula is C22H22N4O2. The van der Waals surface area contributed by atoms with Crippen molar-refractivity contribution < 1.29 is 9.59 Å². The third kappa shape index (κ3) is 4.54. The fourth-order valence-electron chi connectivity index (χ4n) is 2.64. The molecule has 0 bridgehead atoms. The van der Waals surface area contributed by atoms with Crippen molar-refractivity contribution in [3.05, 3.63) is 83.7 Å². The molecule has 3 aromatic rings. The number of carbonyl (C=O) groups excluding carboxylic acids is 2. The van der Waals surface area contributed by atoms with Gasteiger partial charge >= 0.3 is 0 Å². The van der Waals surface area contributed by atoms with Crippen molar-refractivity contribution in [1.82, 2.24) is 4.98 Å². The SMILES string of the molecule is Cc1ccccc1NC(=O)c1ccnc(C(=O)Nc2ccc(N(C)C)cc2)c1. The molecule has 6 nitrogen and oxygen atoms in total. The normalized spacial score (nSPS) is 10.2. The van der Waals surface area contributed by atoms with Gasteiger partial charge in [0.15, 0.2) is 0 Å². The summed E-state index contributed by atoms with van der Waals surface area (Å²) >= 11 is 0. The number of nitrogens with zero attached hydrogens (tertiary/aromatic N) is 2. The van der Waals surface area contributed by atoms with Crippen LogP contribution in [-0.4, -0.2) is 30.9 Å². The van der Waals surface area contributed by atoms with E-state index in [9.17, 15) is 9.59 Å².